The van der Waals surface area contributed by atoms with Crippen LogP contribution in [0.15, 0.2) is 48.9 Å². The van der Waals surface area contributed by atoms with Crippen molar-refractivity contribution in [3.63, 3.8) is 0 Å². The Morgan fingerprint density at radius 1 is 1.04 bits per heavy atom. The lowest BCUT2D eigenvalue weighted by atomic mass is 9.87. The summed E-state index contributed by atoms with van der Waals surface area (Å²) in [5, 5.41) is 26.3. The van der Waals surface area contributed by atoms with Gasteiger partial charge in [0.25, 0.3) is 0 Å². The molecule has 0 bridgehead atoms. The van der Waals surface area contributed by atoms with Crippen molar-refractivity contribution in [2.75, 3.05) is 13.1 Å². The maximum absolute atomic E-state index is 11.0. The zero-order valence-electron chi connectivity index (χ0n) is 16.2. The molecular formula is C21H25N5O2. The summed E-state index contributed by atoms with van der Waals surface area (Å²) < 4.78 is 1.73. The Morgan fingerprint density at radius 3 is 2.46 bits per heavy atom. The van der Waals surface area contributed by atoms with Gasteiger partial charge in [0.15, 0.2) is 5.82 Å². The van der Waals surface area contributed by atoms with Gasteiger partial charge in [-0.3, -0.25) is 9.88 Å². The quantitative estimate of drug-likeness (QED) is 0.723. The lowest BCUT2D eigenvalue weighted by molar-refractivity contribution is -0.0808. The third kappa shape index (κ3) is 3.44. The predicted molar refractivity (Wildman–Crippen MR) is 105 cm³/mol. The van der Waals surface area contributed by atoms with Crippen LogP contribution in [0.3, 0.4) is 0 Å². The van der Waals surface area contributed by atoms with Gasteiger partial charge in [0, 0.05) is 31.0 Å². The van der Waals surface area contributed by atoms with Crippen molar-refractivity contribution in [3.8, 4) is 5.82 Å². The first-order chi connectivity index (χ1) is 13.5. The van der Waals surface area contributed by atoms with E-state index in [-0.39, 0.29) is 0 Å². The van der Waals surface area contributed by atoms with Crippen molar-refractivity contribution in [2.24, 2.45) is 0 Å². The molecule has 0 saturated carbocycles. The van der Waals surface area contributed by atoms with Crippen LogP contribution >= 0.6 is 0 Å². The van der Waals surface area contributed by atoms with Gasteiger partial charge >= 0.3 is 0 Å². The van der Waals surface area contributed by atoms with Gasteiger partial charge in [-0.25, -0.2) is 9.67 Å². The molecular weight excluding hydrogens is 354 g/mol. The molecule has 7 heteroatoms. The molecule has 1 fully saturated rings. The SMILES string of the molecule is Cc1ccc(C2(O)CCN(C(O)c3cnn(-c4ccccn4)c3C)CC2)nc1. The topological polar surface area (TPSA) is 87.3 Å². The first-order valence-corrected chi connectivity index (χ1v) is 9.51. The van der Waals surface area contributed by atoms with Gasteiger partial charge in [0.05, 0.1) is 17.6 Å². The minimum atomic E-state index is -0.947. The minimum absolute atomic E-state index is 0.521. The van der Waals surface area contributed by atoms with Crippen molar-refractivity contribution in [2.45, 2.75) is 38.5 Å². The number of likely N-dealkylation sites (tertiary alicyclic amines) is 1. The first kappa shape index (κ1) is 18.7. The van der Waals surface area contributed by atoms with Gasteiger partial charge in [0.1, 0.15) is 11.8 Å². The zero-order valence-corrected chi connectivity index (χ0v) is 16.2. The summed E-state index contributed by atoms with van der Waals surface area (Å²) in [5.41, 5.74) is 2.43. The average molecular weight is 379 g/mol. The van der Waals surface area contributed by atoms with Gasteiger partial charge in [-0.2, -0.15) is 5.10 Å². The molecule has 0 aromatic carbocycles. The fourth-order valence-corrected chi connectivity index (χ4v) is 3.72. The number of aliphatic hydroxyl groups excluding tert-OH is 1. The van der Waals surface area contributed by atoms with E-state index < -0.39 is 11.8 Å². The Hall–Kier alpha value is -2.61. The summed E-state index contributed by atoms with van der Waals surface area (Å²) >= 11 is 0. The third-order valence-corrected chi connectivity index (χ3v) is 5.55. The molecule has 2 N–H and O–H groups in total. The molecule has 28 heavy (non-hydrogen) atoms. The Balaban J connectivity index is 1.48. The van der Waals surface area contributed by atoms with E-state index >= 15 is 0 Å². The van der Waals surface area contributed by atoms with Crippen LogP contribution < -0.4 is 0 Å². The maximum atomic E-state index is 11.0. The van der Waals surface area contributed by atoms with Crippen LogP contribution in [0.5, 0.6) is 0 Å². The average Bonchev–Trinajstić information content (AvgIpc) is 3.10. The number of aromatic nitrogens is 4. The Kier molecular flexibility index (Phi) is 4.97. The number of nitrogens with zero attached hydrogens (tertiary/aromatic N) is 5. The predicted octanol–water partition coefficient (Wildman–Crippen LogP) is 2.25. The van der Waals surface area contributed by atoms with Crippen LogP contribution in [0.2, 0.25) is 0 Å². The number of hydrogen-bond donors (Lipinski definition) is 2. The van der Waals surface area contributed by atoms with Crippen LogP contribution in [-0.2, 0) is 5.60 Å². The second kappa shape index (κ2) is 7.43. The van der Waals surface area contributed by atoms with Crippen LogP contribution in [0, 0.1) is 13.8 Å². The molecule has 3 aromatic rings. The van der Waals surface area contributed by atoms with Crippen LogP contribution in [-0.4, -0.2) is 48.0 Å². The summed E-state index contributed by atoms with van der Waals surface area (Å²) in [6.07, 6.45) is 5.46. The van der Waals surface area contributed by atoms with Crippen molar-refractivity contribution < 1.29 is 10.2 Å². The molecule has 1 saturated heterocycles. The van der Waals surface area contributed by atoms with E-state index in [0.29, 0.717) is 31.6 Å². The monoisotopic (exact) mass is 379 g/mol. The normalized spacial score (nSPS) is 18.1. The molecule has 4 rings (SSSR count). The van der Waals surface area contributed by atoms with E-state index in [1.54, 1.807) is 23.3 Å². The molecule has 7 nitrogen and oxygen atoms in total. The fraction of sp³-hybridized carbons (Fsp3) is 0.381. The van der Waals surface area contributed by atoms with E-state index in [2.05, 4.69) is 15.1 Å². The van der Waals surface area contributed by atoms with E-state index in [4.69, 9.17) is 0 Å². The molecule has 0 aliphatic carbocycles. The highest BCUT2D eigenvalue weighted by Crippen LogP contribution is 2.35. The van der Waals surface area contributed by atoms with Crippen LogP contribution in [0.1, 0.15) is 41.6 Å². The number of rotatable bonds is 4. The highest BCUT2D eigenvalue weighted by atomic mass is 16.3. The summed E-state index contributed by atoms with van der Waals surface area (Å²) in [7, 11) is 0. The number of pyridine rings is 2. The smallest absolute Gasteiger partial charge is 0.153 e. The molecule has 1 atom stereocenters. The number of piperidine rings is 1. The lowest BCUT2D eigenvalue weighted by Crippen LogP contribution is -2.44. The van der Waals surface area contributed by atoms with Crippen molar-refractivity contribution in [1.29, 1.82) is 0 Å². The molecule has 146 valence electrons. The Bertz CT molecular complexity index is 931. The van der Waals surface area contributed by atoms with E-state index in [1.807, 2.05) is 49.1 Å². The maximum Gasteiger partial charge on any atom is 0.153 e. The lowest BCUT2D eigenvalue weighted by Gasteiger charge is -2.39. The number of aliphatic hydroxyl groups is 2. The fourth-order valence-electron chi connectivity index (χ4n) is 3.72. The molecule has 0 amide bonds. The van der Waals surface area contributed by atoms with Crippen molar-refractivity contribution in [1.82, 2.24) is 24.6 Å². The largest absolute Gasteiger partial charge is 0.383 e. The molecule has 1 unspecified atom stereocenters. The van der Waals surface area contributed by atoms with E-state index in [0.717, 1.165) is 22.6 Å². The van der Waals surface area contributed by atoms with Gasteiger partial charge in [-0.1, -0.05) is 12.1 Å². The first-order valence-electron chi connectivity index (χ1n) is 9.51. The summed E-state index contributed by atoms with van der Waals surface area (Å²) in [6.45, 7) is 5.05. The van der Waals surface area contributed by atoms with Crippen LogP contribution in [0.25, 0.3) is 5.82 Å². The second-order valence-electron chi connectivity index (χ2n) is 7.45. The van der Waals surface area contributed by atoms with Crippen LogP contribution in [0.4, 0.5) is 0 Å². The highest BCUT2D eigenvalue weighted by Gasteiger charge is 2.37. The molecule has 0 spiro atoms. The molecule has 1 aliphatic heterocycles. The van der Waals surface area contributed by atoms with Gasteiger partial charge in [0.2, 0.25) is 0 Å². The Labute approximate surface area is 164 Å². The summed E-state index contributed by atoms with van der Waals surface area (Å²) in [6, 6.07) is 9.51. The second-order valence-corrected chi connectivity index (χ2v) is 7.45. The van der Waals surface area contributed by atoms with Crippen molar-refractivity contribution >= 4 is 0 Å². The molecule has 1 aliphatic rings. The molecule has 0 radical (unpaired) electrons. The summed E-state index contributed by atoms with van der Waals surface area (Å²) in [4.78, 5) is 10.7. The zero-order chi connectivity index (χ0) is 19.7. The highest BCUT2D eigenvalue weighted by molar-refractivity contribution is 5.29. The van der Waals surface area contributed by atoms with Crippen molar-refractivity contribution in [3.05, 3.63) is 71.4 Å². The van der Waals surface area contributed by atoms with E-state index in [9.17, 15) is 10.2 Å². The minimum Gasteiger partial charge on any atom is -0.383 e. The summed E-state index contributed by atoms with van der Waals surface area (Å²) in [5.74, 6) is 0.719. The van der Waals surface area contributed by atoms with Gasteiger partial charge < -0.3 is 10.2 Å². The van der Waals surface area contributed by atoms with Gasteiger partial charge in [-0.05, 0) is 50.5 Å². The molecule has 3 aromatic heterocycles. The van der Waals surface area contributed by atoms with E-state index in [1.165, 1.54) is 0 Å². The molecule has 4 heterocycles. The van der Waals surface area contributed by atoms with Gasteiger partial charge in [-0.15, -0.1) is 0 Å². The third-order valence-electron chi connectivity index (χ3n) is 5.55. The Morgan fingerprint density at radius 2 is 1.82 bits per heavy atom. The number of hydrogen-bond acceptors (Lipinski definition) is 6. The standard InChI is InChI=1S/C21H25N5O2/c1-15-6-7-18(23-13-15)21(28)8-11-25(12-9-21)20(27)17-14-24-26(16(17)2)19-5-3-4-10-22-19/h3-7,10,13-14,20,27-28H,8-9,11-12H2,1-2H3. The number of aryl methyl sites for hydroxylation is 1.